The lowest BCUT2D eigenvalue weighted by Gasteiger charge is -2.42. The fourth-order valence-electron chi connectivity index (χ4n) is 4.52. The molecule has 4 nitrogen and oxygen atoms in total. The van der Waals surface area contributed by atoms with Gasteiger partial charge in [0.05, 0.1) is 12.5 Å². The molecule has 1 aromatic carbocycles. The van der Waals surface area contributed by atoms with Gasteiger partial charge < -0.3 is 9.80 Å². The van der Waals surface area contributed by atoms with Crippen molar-refractivity contribution in [2.24, 2.45) is 11.8 Å². The number of rotatable bonds is 4. The molecule has 2 heterocycles. The van der Waals surface area contributed by atoms with Crippen LogP contribution in [-0.2, 0) is 11.2 Å². The van der Waals surface area contributed by atoms with Crippen LogP contribution in [0.2, 0.25) is 0 Å². The molecule has 148 valence electrons. The number of carbonyl (C=O) groups is 1. The largest absolute Gasteiger partial charge is 0.391 e. The van der Waals surface area contributed by atoms with Crippen LogP contribution in [0, 0.1) is 11.8 Å². The average molecular weight is 381 g/mol. The maximum atomic E-state index is 12.7. The fraction of sp³-hybridized carbons (Fsp3) is 0.650. The van der Waals surface area contributed by atoms with Crippen molar-refractivity contribution >= 4 is 11.6 Å². The first-order chi connectivity index (χ1) is 12.9. The number of anilines is 1. The second kappa shape index (κ2) is 7.43. The molecule has 0 aromatic heterocycles. The van der Waals surface area contributed by atoms with E-state index in [1.165, 1.54) is 5.56 Å². The van der Waals surface area contributed by atoms with Crippen molar-refractivity contribution in [2.75, 3.05) is 50.7 Å². The molecule has 0 spiro atoms. The molecule has 1 saturated heterocycles. The topological polar surface area (TPSA) is 26.8 Å². The van der Waals surface area contributed by atoms with Gasteiger partial charge in [-0.2, -0.15) is 13.2 Å². The highest BCUT2D eigenvalue weighted by atomic mass is 19.4. The molecule has 3 aliphatic rings. The molecule has 0 atom stereocenters. The van der Waals surface area contributed by atoms with E-state index in [0.29, 0.717) is 6.54 Å². The lowest BCUT2D eigenvalue weighted by atomic mass is 9.74. The molecule has 0 bridgehead atoms. The quantitative estimate of drug-likeness (QED) is 0.803. The van der Waals surface area contributed by atoms with Crippen LogP contribution in [0.1, 0.15) is 18.4 Å². The lowest BCUT2D eigenvalue weighted by molar-refractivity contribution is -0.205. The molecule has 2 fully saturated rings. The summed E-state index contributed by atoms with van der Waals surface area (Å²) in [5, 5.41) is 0. The Labute approximate surface area is 157 Å². The summed E-state index contributed by atoms with van der Waals surface area (Å²) < 4.78 is 37.8. The first-order valence-corrected chi connectivity index (χ1v) is 9.80. The van der Waals surface area contributed by atoms with Crippen LogP contribution in [0.3, 0.4) is 0 Å². The van der Waals surface area contributed by atoms with Crippen LogP contribution in [-0.4, -0.2) is 67.7 Å². The van der Waals surface area contributed by atoms with Crippen molar-refractivity contribution < 1.29 is 18.0 Å². The van der Waals surface area contributed by atoms with Crippen molar-refractivity contribution in [3.05, 3.63) is 29.8 Å². The Hall–Kier alpha value is -1.60. The van der Waals surface area contributed by atoms with E-state index >= 15 is 0 Å². The highest BCUT2D eigenvalue weighted by molar-refractivity contribution is 5.96. The van der Waals surface area contributed by atoms with E-state index in [9.17, 15) is 18.0 Å². The molecule has 2 aliphatic heterocycles. The number of piperazine rings is 1. The molecular weight excluding hydrogens is 355 g/mol. The Balaban J connectivity index is 1.20. The normalized spacial score (nSPS) is 26.7. The Morgan fingerprint density at radius 1 is 1.00 bits per heavy atom. The van der Waals surface area contributed by atoms with E-state index in [-0.39, 0.29) is 24.7 Å². The molecule has 1 aliphatic carbocycles. The van der Waals surface area contributed by atoms with E-state index in [1.807, 2.05) is 23.1 Å². The standard InChI is InChI=1S/C20H26F3N3O/c21-20(22,23)17-11-15(12-17)13-24-7-9-25(10-8-24)14-19(27)26-6-5-16-3-1-2-4-18(16)26/h1-4,15,17H,5-14H2. The maximum absolute atomic E-state index is 12.7. The number of benzene rings is 1. The van der Waals surface area contributed by atoms with Gasteiger partial charge in [0.25, 0.3) is 0 Å². The fourth-order valence-corrected chi connectivity index (χ4v) is 4.52. The van der Waals surface area contributed by atoms with Crippen molar-refractivity contribution in [3.63, 3.8) is 0 Å². The summed E-state index contributed by atoms with van der Waals surface area (Å²) in [6.45, 7) is 5.19. The van der Waals surface area contributed by atoms with Crippen LogP contribution < -0.4 is 4.90 Å². The van der Waals surface area contributed by atoms with Crippen molar-refractivity contribution in [1.29, 1.82) is 0 Å². The number of carbonyl (C=O) groups excluding carboxylic acids is 1. The minimum absolute atomic E-state index is 0.139. The van der Waals surface area contributed by atoms with Crippen LogP contribution >= 0.6 is 0 Å². The molecule has 0 radical (unpaired) electrons. The molecule has 0 N–H and O–H groups in total. The Bertz CT molecular complexity index is 679. The molecule has 1 amide bonds. The second-order valence-corrected chi connectivity index (χ2v) is 8.08. The number of fused-ring (bicyclic) bond motifs is 1. The van der Waals surface area contributed by atoms with Crippen LogP contribution in [0.5, 0.6) is 0 Å². The second-order valence-electron chi connectivity index (χ2n) is 8.08. The van der Waals surface area contributed by atoms with Gasteiger partial charge in [0.15, 0.2) is 0 Å². The van der Waals surface area contributed by atoms with E-state index in [4.69, 9.17) is 0 Å². The van der Waals surface area contributed by atoms with Gasteiger partial charge in [0.2, 0.25) is 5.91 Å². The first-order valence-electron chi connectivity index (χ1n) is 9.80. The summed E-state index contributed by atoms with van der Waals surface area (Å²) in [5.74, 6) is -0.781. The van der Waals surface area contributed by atoms with Gasteiger partial charge in [0, 0.05) is 45.0 Å². The zero-order chi connectivity index (χ0) is 19.0. The van der Waals surface area contributed by atoms with Gasteiger partial charge in [-0.05, 0) is 36.8 Å². The highest BCUT2D eigenvalue weighted by Gasteiger charge is 2.47. The number of para-hydroxylation sites is 1. The number of alkyl halides is 3. The maximum Gasteiger partial charge on any atom is 0.391 e. The number of amides is 1. The van der Waals surface area contributed by atoms with E-state index in [2.05, 4.69) is 15.9 Å². The third kappa shape index (κ3) is 4.14. The SMILES string of the molecule is O=C(CN1CCN(CC2CC(C(F)(F)F)C2)CC1)N1CCc2ccccc21. The molecule has 0 unspecified atom stereocenters. The van der Waals surface area contributed by atoms with Gasteiger partial charge in [-0.25, -0.2) is 0 Å². The summed E-state index contributed by atoms with van der Waals surface area (Å²) in [5.41, 5.74) is 2.26. The van der Waals surface area contributed by atoms with Crippen LogP contribution in [0.15, 0.2) is 24.3 Å². The zero-order valence-corrected chi connectivity index (χ0v) is 15.4. The summed E-state index contributed by atoms with van der Waals surface area (Å²) in [6.07, 6.45) is -2.56. The molecule has 27 heavy (non-hydrogen) atoms. The molecule has 1 aromatic rings. The molecular formula is C20H26F3N3O. The Morgan fingerprint density at radius 3 is 2.37 bits per heavy atom. The molecule has 1 saturated carbocycles. The van der Waals surface area contributed by atoms with Crippen molar-refractivity contribution in [3.8, 4) is 0 Å². The van der Waals surface area contributed by atoms with Crippen LogP contribution in [0.25, 0.3) is 0 Å². The lowest BCUT2D eigenvalue weighted by Crippen LogP contribution is -2.52. The summed E-state index contributed by atoms with van der Waals surface area (Å²) in [4.78, 5) is 19.0. The van der Waals surface area contributed by atoms with Gasteiger partial charge in [-0.1, -0.05) is 18.2 Å². The smallest absolute Gasteiger partial charge is 0.311 e. The number of halogens is 3. The monoisotopic (exact) mass is 381 g/mol. The van der Waals surface area contributed by atoms with Crippen molar-refractivity contribution in [1.82, 2.24) is 9.80 Å². The summed E-state index contributed by atoms with van der Waals surface area (Å²) in [6, 6.07) is 8.05. The first kappa shape index (κ1) is 18.7. The number of nitrogens with zero attached hydrogens (tertiary/aromatic N) is 3. The Morgan fingerprint density at radius 2 is 1.67 bits per heavy atom. The predicted octanol–water partition coefficient (Wildman–Crippen LogP) is 2.78. The van der Waals surface area contributed by atoms with Crippen molar-refractivity contribution in [2.45, 2.75) is 25.4 Å². The number of hydrogen-bond acceptors (Lipinski definition) is 3. The van der Waals surface area contributed by atoms with Crippen LogP contribution in [0.4, 0.5) is 18.9 Å². The summed E-state index contributed by atoms with van der Waals surface area (Å²) in [7, 11) is 0. The minimum atomic E-state index is -4.02. The van der Waals surface area contributed by atoms with Gasteiger partial charge in [-0.15, -0.1) is 0 Å². The molecule has 7 heteroatoms. The van der Waals surface area contributed by atoms with Gasteiger partial charge >= 0.3 is 6.18 Å². The Kier molecular flexibility index (Phi) is 5.16. The molecule has 4 rings (SSSR count). The zero-order valence-electron chi connectivity index (χ0n) is 15.4. The van der Waals surface area contributed by atoms with E-state index < -0.39 is 12.1 Å². The minimum Gasteiger partial charge on any atom is -0.311 e. The number of hydrogen-bond donors (Lipinski definition) is 0. The van der Waals surface area contributed by atoms with Gasteiger partial charge in [-0.3, -0.25) is 9.69 Å². The highest BCUT2D eigenvalue weighted by Crippen LogP contribution is 2.44. The van der Waals surface area contributed by atoms with E-state index in [1.54, 1.807) is 0 Å². The third-order valence-corrected chi connectivity index (χ3v) is 6.23. The average Bonchev–Trinajstić information content (AvgIpc) is 3.02. The summed E-state index contributed by atoms with van der Waals surface area (Å²) >= 11 is 0. The van der Waals surface area contributed by atoms with E-state index in [0.717, 1.165) is 51.4 Å². The predicted molar refractivity (Wildman–Crippen MR) is 97.6 cm³/mol. The van der Waals surface area contributed by atoms with Gasteiger partial charge in [0.1, 0.15) is 0 Å². The third-order valence-electron chi connectivity index (χ3n) is 6.23.